The van der Waals surface area contributed by atoms with E-state index in [1.54, 1.807) is 6.26 Å². The first kappa shape index (κ1) is 10.4. The summed E-state index contributed by atoms with van der Waals surface area (Å²) in [5.41, 5.74) is 2.54. The summed E-state index contributed by atoms with van der Waals surface area (Å²) in [4.78, 5) is 10.5. The number of rotatable bonds is 4. The predicted molar refractivity (Wildman–Crippen MR) is 57.9 cm³/mol. The van der Waals surface area contributed by atoms with Gasteiger partial charge in [-0.1, -0.05) is 35.5 Å². The highest BCUT2D eigenvalue weighted by Gasteiger charge is 2.10. The van der Waals surface area contributed by atoms with Crippen LogP contribution in [0.25, 0.3) is 11.1 Å². The molecule has 0 aliphatic rings. The van der Waals surface area contributed by atoms with Crippen LogP contribution in [0.2, 0.25) is 0 Å². The van der Waals surface area contributed by atoms with E-state index in [9.17, 15) is 4.79 Å². The van der Waals surface area contributed by atoms with Crippen LogP contribution in [0, 0.1) is 0 Å². The molecule has 0 amide bonds. The van der Waals surface area contributed by atoms with E-state index < -0.39 is 5.97 Å². The molecule has 0 spiro atoms. The van der Waals surface area contributed by atoms with Crippen molar-refractivity contribution in [1.29, 1.82) is 0 Å². The number of carboxylic acid groups (broad SMARTS) is 1. The number of hydrogen-bond acceptors (Lipinski definition) is 3. The molecule has 0 fully saturated rings. The summed E-state index contributed by atoms with van der Waals surface area (Å²) in [6, 6.07) is 9.65. The molecule has 4 nitrogen and oxygen atoms in total. The van der Waals surface area contributed by atoms with Gasteiger partial charge in [0.1, 0.15) is 6.26 Å². The smallest absolute Gasteiger partial charge is 0.303 e. The second kappa shape index (κ2) is 4.61. The first-order valence-electron chi connectivity index (χ1n) is 4.98. The molecule has 1 aromatic carbocycles. The molecular formula is C12H11NO3. The van der Waals surface area contributed by atoms with Crippen molar-refractivity contribution in [2.75, 3.05) is 0 Å². The van der Waals surface area contributed by atoms with Crippen LogP contribution >= 0.6 is 0 Å². The minimum atomic E-state index is -0.831. The highest BCUT2D eigenvalue weighted by molar-refractivity contribution is 5.69. The molecule has 2 rings (SSSR count). The Kier molecular flexibility index (Phi) is 3.00. The number of aliphatic carboxylic acids is 1. The topological polar surface area (TPSA) is 63.3 Å². The lowest BCUT2D eigenvalue weighted by atomic mass is 10.0. The minimum Gasteiger partial charge on any atom is -0.481 e. The maximum atomic E-state index is 10.5. The molecule has 1 N–H and O–H groups in total. The van der Waals surface area contributed by atoms with E-state index in [0.717, 1.165) is 11.1 Å². The van der Waals surface area contributed by atoms with Crippen LogP contribution in [0.1, 0.15) is 12.1 Å². The molecule has 0 atom stereocenters. The van der Waals surface area contributed by atoms with Crippen molar-refractivity contribution in [2.45, 2.75) is 12.8 Å². The molecule has 0 radical (unpaired) electrons. The summed E-state index contributed by atoms with van der Waals surface area (Å²) in [5, 5.41) is 12.4. The van der Waals surface area contributed by atoms with Gasteiger partial charge in [0.05, 0.1) is 12.1 Å². The average molecular weight is 217 g/mol. The van der Waals surface area contributed by atoms with E-state index in [1.807, 2.05) is 30.3 Å². The Morgan fingerprint density at radius 1 is 1.31 bits per heavy atom. The summed E-state index contributed by atoms with van der Waals surface area (Å²) in [7, 11) is 0. The molecule has 0 unspecified atom stereocenters. The molecule has 0 aliphatic carbocycles. The maximum absolute atomic E-state index is 10.5. The summed E-state index contributed by atoms with van der Waals surface area (Å²) in [5.74, 6) is -0.831. The normalized spacial score (nSPS) is 10.2. The van der Waals surface area contributed by atoms with Gasteiger partial charge in [0.25, 0.3) is 0 Å². The van der Waals surface area contributed by atoms with Gasteiger partial charge in [-0.05, 0) is 5.56 Å². The zero-order valence-corrected chi connectivity index (χ0v) is 8.59. The van der Waals surface area contributed by atoms with Gasteiger partial charge in [0.2, 0.25) is 0 Å². The average Bonchev–Trinajstić information content (AvgIpc) is 2.75. The fourth-order valence-electron chi connectivity index (χ4n) is 1.52. The van der Waals surface area contributed by atoms with Crippen LogP contribution in [-0.2, 0) is 11.2 Å². The highest BCUT2D eigenvalue weighted by Crippen LogP contribution is 2.23. The lowest BCUT2D eigenvalue weighted by molar-refractivity contribution is -0.136. The summed E-state index contributed by atoms with van der Waals surface area (Å²) in [6.45, 7) is 0. The van der Waals surface area contributed by atoms with Gasteiger partial charge in [-0.3, -0.25) is 4.79 Å². The van der Waals surface area contributed by atoms with Gasteiger partial charge in [-0.15, -0.1) is 0 Å². The van der Waals surface area contributed by atoms with Crippen molar-refractivity contribution in [2.24, 2.45) is 0 Å². The number of carboxylic acids is 1. The lowest BCUT2D eigenvalue weighted by Crippen LogP contribution is -1.98. The monoisotopic (exact) mass is 217 g/mol. The molecule has 2 aromatic rings. The SMILES string of the molecule is O=C(O)CCc1nocc1-c1ccccc1. The molecular weight excluding hydrogens is 206 g/mol. The third-order valence-electron chi connectivity index (χ3n) is 2.30. The summed E-state index contributed by atoms with van der Waals surface area (Å²) in [6.07, 6.45) is 1.99. The van der Waals surface area contributed by atoms with Crippen LogP contribution in [0.15, 0.2) is 41.1 Å². The van der Waals surface area contributed by atoms with Gasteiger partial charge < -0.3 is 9.63 Å². The van der Waals surface area contributed by atoms with Crippen LogP contribution in [0.5, 0.6) is 0 Å². The van der Waals surface area contributed by atoms with Gasteiger partial charge in [0, 0.05) is 12.0 Å². The second-order valence-corrected chi connectivity index (χ2v) is 3.43. The van der Waals surface area contributed by atoms with Crippen molar-refractivity contribution in [1.82, 2.24) is 5.16 Å². The lowest BCUT2D eigenvalue weighted by Gasteiger charge is -1.99. The van der Waals surface area contributed by atoms with E-state index in [4.69, 9.17) is 9.63 Å². The predicted octanol–water partition coefficient (Wildman–Crippen LogP) is 2.36. The number of nitrogens with zero attached hydrogens (tertiary/aromatic N) is 1. The standard InChI is InChI=1S/C12H11NO3/c14-12(15)7-6-11-10(8-16-13-11)9-4-2-1-3-5-9/h1-5,8H,6-7H2,(H,14,15). The van der Waals surface area contributed by atoms with Gasteiger partial charge >= 0.3 is 5.97 Å². The first-order chi connectivity index (χ1) is 7.77. The molecule has 82 valence electrons. The van der Waals surface area contributed by atoms with Crippen LogP contribution in [-0.4, -0.2) is 16.2 Å². The Bertz CT molecular complexity index is 476. The molecule has 4 heteroatoms. The van der Waals surface area contributed by atoms with E-state index >= 15 is 0 Å². The Balaban J connectivity index is 2.23. The second-order valence-electron chi connectivity index (χ2n) is 3.43. The minimum absolute atomic E-state index is 0.0619. The number of carbonyl (C=O) groups is 1. The number of aromatic nitrogens is 1. The fraction of sp³-hybridized carbons (Fsp3) is 0.167. The van der Waals surface area contributed by atoms with E-state index in [-0.39, 0.29) is 6.42 Å². The first-order valence-corrected chi connectivity index (χ1v) is 4.98. The Morgan fingerprint density at radius 2 is 2.06 bits per heavy atom. The highest BCUT2D eigenvalue weighted by atomic mass is 16.5. The quantitative estimate of drug-likeness (QED) is 0.853. The van der Waals surface area contributed by atoms with E-state index in [1.165, 1.54) is 0 Å². The molecule has 0 bridgehead atoms. The zero-order chi connectivity index (χ0) is 11.4. The van der Waals surface area contributed by atoms with Crippen molar-refractivity contribution in [3.05, 3.63) is 42.3 Å². The number of aryl methyl sites for hydroxylation is 1. The third kappa shape index (κ3) is 2.28. The maximum Gasteiger partial charge on any atom is 0.303 e. The largest absolute Gasteiger partial charge is 0.481 e. The van der Waals surface area contributed by atoms with Crippen molar-refractivity contribution in [3.63, 3.8) is 0 Å². The van der Waals surface area contributed by atoms with Gasteiger partial charge in [-0.25, -0.2) is 0 Å². The van der Waals surface area contributed by atoms with Gasteiger partial charge in [0.15, 0.2) is 0 Å². The molecule has 1 aromatic heterocycles. The number of benzene rings is 1. The van der Waals surface area contributed by atoms with Crippen molar-refractivity contribution >= 4 is 5.97 Å². The Labute approximate surface area is 92.5 Å². The third-order valence-corrected chi connectivity index (χ3v) is 2.30. The van der Waals surface area contributed by atoms with Crippen molar-refractivity contribution in [3.8, 4) is 11.1 Å². The molecule has 0 saturated heterocycles. The summed E-state index contributed by atoms with van der Waals surface area (Å²) >= 11 is 0. The van der Waals surface area contributed by atoms with Crippen LogP contribution in [0.3, 0.4) is 0 Å². The molecule has 1 heterocycles. The van der Waals surface area contributed by atoms with Crippen LogP contribution in [0.4, 0.5) is 0 Å². The van der Waals surface area contributed by atoms with E-state index in [2.05, 4.69) is 5.16 Å². The molecule has 0 saturated carbocycles. The summed E-state index contributed by atoms with van der Waals surface area (Å²) < 4.78 is 4.89. The fourth-order valence-corrected chi connectivity index (χ4v) is 1.52. The Morgan fingerprint density at radius 3 is 2.75 bits per heavy atom. The van der Waals surface area contributed by atoms with Gasteiger partial charge in [-0.2, -0.15) is 0 Å². The van der Waals surface area contributed by atoms with E-state index in [0.29, 0.717) is 12.1 Å². The Hall–Kier alpha value is -2.10. The van der Waals surface area contributed by atoms with Crippen molar-refractivity contribution < 1.29 is 14.4 Å². The van der Waals surface area contributed by atoms with Crippen LogP contribution < -0.4 is 0 Å². The molecule has 16 heavy (non-hydrogen) atoms. The number of hydrogen-bond donors (Lipinski definition) is 1. The molecule has 0 aliphatic heterocycles. The zero-order valence-electron chi connectivity index (χ0n) is 8.59.